The maximum absolute atomic E-state index is 11.8. The van der Waals surface area contributed by atoms with Crippen LogP contribution in [0.2, 0.25) is 0 Å². The van der Waals surface area contributed by atoms with Gasteiger partial charge in [0.05, 0.1) is 25.4 Å². The highest BCUT2D eigenvalue weighted by Crippen LogP contribution is 2.14. The predicted molar refractivity (Wildman–Crippen MR) is 65.1 cm³/mol. The second-order valence-electron chi connectivity index (χ2n) is 4.95. The van der Waals surface area contributed by atoms with E-state index in [-0.39, 0.29) is 25.3 Å². The van der Waals surface area contributed by atoms with E-state index in [2.05, 4.69) is 0 Å². The molecule has 2 N–H and O–H groups in total. The second-order valence-corrected chi connectivity index (χ2v) is 4.95. The molecule has 6 nitrogen and oxygen atoms in total. The van der Waals surface area contributed by atoms with Crippen LogP contribution in [-0.4, -0.2) is 71.7 Å². The number of carbonyl (C=O) groups is 1. The minimum absolute atomic E-state index is 0.170. The Balaban J connectivity index is 2.54. The molecule has 18 heavy (non-hydrogen) atoms. The van der Waals surface area contributed by atoms with Gasteiger partial charge in [0, 0.05) is 13.1 Å². The number of hydrogen-bond donors (Lipinski definition) is 2. The minimum Gasteiger partial charge on any atom is -0.460 e. The third kappa shape index (κ3) is 4.89. The number of aliphatic hydroxyl groups is 2. The number of morpholine rings is 1. The standard InChI is InChI=1S/C12H23NO5/c1-8(14)4-13-5-10(3)18-12(16)11(13)7-17-6-9(2)15/h8-11,14-15H,4-7H2,1-3H3. The Labute approximate surface area is 107 Å². The first-order chi connectivity index (χ1) is 8.40. The number of carbonyl (C=O) groups excluding carboxylic acids is 1. The smallest absolute Gasteiger partial charge is 0.326 e. The fourth-order valence-corrected chi connectivity index (χ4v) is 1.99. The molecule has 4 atom stereocenters. The van der Waals surface area contributed by atoms with E-state index >= 15 is 0 Å². The summed E-state index contributed by atoms with van der Waals surface area (Å²) in [6.45, 7) is 6.46. The molecule has 0 spiro atoms. The molecule has 106 valence electrons. The summed E-state index contributed by atoms with van der Waals surface area (Å²) < 4.78 is 10.4. The summed E-state index contributed by atoms with van der Waals surface area (Å²) in [6.07, 6.45) is -1.25. The lowest BCUT2D eigenvalue weighted by atomic mass is 10.1. The fourth-order valence-electron chi connectivity index (χ4n) is 1.99. The zero-order chi connectivity index (χ0) is 13.7. The van der Waals surface area contributed by atoms with Crippen molar-refractivity contribution in [2.24, 2.45) is 0 Å². The van der Waals surface area contributed by atoms with Crippen LogP contribution in [0.1, 0.15) is 20.8 Å². The van der Waals surface area contributed by atoms with E-state index in [0.29, 0.717) is 13.1 Å². The van der Waals surface area contributed by atoms with Gasteiger partial charge in [-0.3, -0.25) is 9.69 Å². The normalized spacial score (nSPS) is 28.8. The van der Waals surface area contributed by atoms with E-state index in [0.717, 1.165) is 0 Å². The quantitative estimate of drug-likeness (QED) is 0.620. The molecule has 6 heteroatoms. The molecule has 1 aliphatic heterocycles. The van der Waals surface area contributed by atoms with E-state index in [1.807, 2.05) is 11.8 Å². The maximum Gasteiger partial charge on any atom is 0.326 e. The van der Waals surface area contributed by atoms with Gasteiger partial charge in [-0.2, -0.15) is 0 Å². The largest absolute Gasteiger partial charge is 0.460 e. The topological polar surface area (TPSA) is 79.2 Å². The van der Waals surface area contributed by atoms with Gasteiger partial charge in [0.25, 0.3) is 0 Å². The number of β-amino-alcohol motifs (C(OH)–C–C–N with tert-alkyl or cyclic N) is 1. The van der Waals surface area contributed by atoms with Crippen LogP contribution in [0.25, 0.3) is 0 Å². The molecule has 0 aromatic carbocycles. The summed E-state index contributed by atoms with van der Waals surface area (Å²) in [6, 6.07) is -0.505. The van der Waals surface area contributed by atoms with Crippen molar-refractivity contribution < 1.29 is 24.5 Å². The molecule has 0 aromatic heterocycles. The zero-order valence-electron chi connectivity index (χ0n) is 11.2. The lowest BCUT2D eigenvalue weighted by molar-refractivity contribution is -0.170. The van der Waals surface area contributed by atoms with E-state index in [4.69, 9.17) is 14.6 Å². The molecule has 0 radical (unpaired) electrons. The van der Waals surface area contributed by atoms with Crippen molar-refractivity contribution in [3.8, 4) is 0 Å². The van der Waals surface area contributed by atoms with Crippen LogP contribution in [-0.2, 0) is 14.3 Å². The van der Waals surface area contributed by atoms with Crippen molar-refractivity contribution in [3.05, 3.63) is 0 Å². The predicted octanol–water partition coefficient (Wildman–Crippen LogP) is -0.619. The van der Waals surface area contributed by atoms with Gasteiger partial charge in [0.2, 0.25) is 0 Å². The van der Waals surface area contributed by atoms with Crippen molar-refractivity contribution in [3.63, 3.8) is 0 Å². The van der Waals surface area contributed by atoms with Crippen molar-refractivity contribution in [1.29, 1.82) is 0 Å². The third-order valence-electron chi connectivity index (χ3n) is 2.66. The molecule has 1 heterocycles. The third-order valence-corrected chi connectivity index (χ3v) is 2.66. The average Bonchev–Trinajstić information content (AvgIpc) is 2.20. The highest BCUT2D eigenvalue weighted by Gasteiger charge is 2.35. The van der Waals surface area contributed by atoms with Gasteiger partial charge in [-0.15, -0.1) is 0 Å². The molecule has 0 amide bonds. The SMILES string of the molecule is CC(O)COCC1C(=O)OC(C)CN1CC(C)O. The molecule has 0 aromatic rings. The Morgan fingerprint density at radius 2 is 2.11 bits per heavy atom. The van der Waals surface area contributed by atoms with Crippen LogP contribution in [0.5, 0.6) is 0 Å². The van der Waals surface area contributed by atoms with Crippen molar-refractivity contribution in [1.82, 2.24) is 4.90 Å². The minimum atomic E-state index is -0.561. The summed E-state index contributed by atoms with van der Waals surface area (Å²) in [5, 5.41) is 18.5. The number of aliphatic hydroxyl groups excluding tert-OH is 2. The molecular weight excluding hydrogens is 238 g/mol. The summed E-state index contributed by atoms with van der Waals surface area (Å²) >= 11 is 0. The molecule has 1 rings (SSSR count). The Kier molecular flexibility index (Phi) is 6.01. The van der Waals surface area contributed by atoms with Crippen molar-refractivity contribution >= 4 is 5.97 Å². The van der Waals surface area contributed by atoms with Crippen LogP contribution in [0.4, 0.5) is 0 Å². The van der Waals surface area contributed by atoms with Crippen LogP contribution in [0, 0.1) is 0 Å². The Morgan fingerprint density at radius 1 is 1.44 bits per heavy atom. The fraction of sp³-hybridized carbons (Fsp3) is 0.917. The molecule has 0 aliphatic carbocycles. The number of esters is 1. The lowest BCUT2D eigenvalue weighted by Crippen LogP contribution is -2.55. The Bertz CT molecular complexity index is 267. The summed E-state index contributed by atoms with van der Waals surface area (Å²) in [4.78, 5) is 13.6. The molecule has 1 saturated heterocycles. The van der Waals surface area contributed by atoms with Gasteiger partial charge in [-0.05, 0) is 20.8 Å². The first-order valence-electron chi connectivity index (χ1n) is 6.28. The number of cyclic esters (lactones) is 1. The molecule has 1 aliphatic rings. The lowest BCUT2D eigenvalue weighted by Gasteiger charge is -2.37. The van der Waals surface area contributed by atoms with Gasteiger partial charge in [0.1, 0.15) is 12.1 Å². The van der Waals surface area contributed by atoms with E-state index in [9.17, 15) is 9.90 Å². The number of nitrogens with zero attached hydrogens (tertiary/aromatic N) is 1. The summed E-state index contributed by atoms with van der Waals surface area (Å²) in [5.74, 6) is -0.333. The van der Waals surface area contributed by atoms with E-state index in [1.165, 1.54) is 0 Å². The molecule has 0 bridgehead atoms. The highest BCUT2D eigenvalue weighted by molar-refractivity contribution is 5.76. The van der Waals surface area contributed by atoms with Crippen LogP contribution < -0.4 is 0 Å². The molecule has 1 fully saturated rings. The molecular formula is C12H23NO5. The van der Waals surface area contributed by atoms with Gasteiger partial charge in [-0.1, -0.05) is 0 Å². The van der Waals surface area contributed by atoms with E-state index < -0.39 is 18.2 Å². The summed E-state index contributed by atoms with van der Waals surface area (Å²) in [7, 11) is 0. The van der Waals surface area contributed by atoms with Gasteiger partial charge >= 0.3 is 5.97 Å². The average molecular weight is 261 g/mol. The second kappa shape index (κ2) is 7.04. The molecule has 4 unspecified atom stereocenters. The van der Waals surface area contributed by atoms with Gasteiger partial charge in [-0.25, -0.2) is 0 Å². The highest BCUT2D eigenvalue weighted by atomic mass is 16.6. The first kappa shape index (κ1) is 15.4. The van der Waals surface area contributed by atoms with Crippen LogP contribution in [0.3, 0.4) is 0 Å². The number of rotatable bonds is 6. The van der Waals surface area contributed by atoms with Gasteiger partial charge in [0.15, 0.2) is 0 Å². The first-order valence-corrected chi connectivity index (χ1v) is 6.28. The number of ether oxygens (including phenoxy) is 2. The Hall–Kier alpha value is -0.690. The molecule has 0 saturated carbocycles. The zero-order valence-corrected chi connectivity index (χ0v) is 11.2. The summed E-state index contributed by atoms with van der Waals surface area (Å²) in [5.41, 5.74) is 0. The van der Waals surface area contributed by atoms with Gasteiger partial charge < -0.3 is 19.7 Å². The van der Waals surface area contributed by atoms with Crippen molar-refractivity contribution in [2.45, 2.75) is 45.1 Å². The monoisotopic (exact) mass is 261 g/mol. The van der Waals surface area contributed by atoms with Crippen LogP contribution in [0.15, 0.2) is 0 Å². The number of hydrogen-bond acceptors (Lipinski definition) is 6. The van der Waals surface area contributed by atoms with Crippen LogP contribution >= 0.6 is 0 Å². The Morgan fingerprint density at radius 3 is 2.67 bits per heavy atom. The van der Waals surface area contributed by atoms with E-state index in [1.54, 1.807) is 13.8 Å². The van der Waals surface area contributed by atoms with Crippen molar-refractivity contribution in [2.75, 3.05) is 26.3 Å². The maximum atomic E-state index is 11.8.